The molecular formula is C20H27NO. The van der Waals surface area contributed by atoms with E-state index in [2.05, 4.69) is 54.4 Å². The molecule has 2 aromatic carbocycles. The van der Waals surface area contributed by atoms with Crippen molar-refractivity contribution in [3.05, 3.63) is 48.0 Å². The second-order valence-electron chi connectivity index (χ2n) is 6.74. The molecule has 0 amide bonds. The maximum atomic E-state index is 5.18. The monoisotopic (exact) mass is 297 g/mol. The van der Waals surface area contributed by atoms with Gasteiger partial charge in [0.25, 0.3) is 0 Å². The molecule has 2 heteroatoms. The van der Waals surface area contributed by atoms with E-state index in [4.69, 9.17) is 4.74 Å². The van der Waals surface area contributed by atoms with E-state index in [-0.39, 0.29) is 0 Å². The van der Waals surface area contributed by atoms with Gasteiger partial charge in [-0.3, -0.25) is 0 Å². The van der Waals surface area contributed by atoms with E-state index in [0.29, 0.717) is 5.41 Å². The zero-order valence-electron chi connectivity index (χ0n) is 13.8. The van der Waals surface area contributed by atoms with Gasteiger partial charge in [-0.25, -0.2) is 0 Å². The minimum atomic E-state index is 0.408. The Morgan fingerprint density at radius 1 is 1.05 bits per heavy atom. The number of likely N-dealkylation sites (N-methyl/N-ethyl adjacent to an activating group) is 1. The maximum Gasteiger partial charge on any atom is 0.0589 e. The van der Waals surface area contributed by atoms with E-state index in [1.165, 1.54) is 42.0 Å². The summed E-state index contributed by atoms with van der Waals surface area (Å²) in [6, 6.07) is 15.8. The minimum Gasteiger partial charge on any atom is -0.383 e. The summed E-state index contributed by atoms with van der Waals surface area (Å²) in [7, 11) is 3.97. The summed E-state index contributed by atoms with van der Waals surface area (Å²) in [5, 5.41) is 2.72. The van der Waals surface area contributed by atoms with Gasteiger partial charge in [0.15, 0.2) is 0 Å². The predicted molar refractivity (Wildman–Crippen MR) is 93.5 cm³/mol. The van der Waals surface area contributed by atoms with Gasteiger partial charge >= 0.3 is 0 Å². The van der Waals surface area contributed by atoms with Gasteiger partial charge in [0.2, 0.25) is 0 Å². The quantitative estimate of drug-likeness (QED) is 0.758. The number of hydrogen-bond acceptors (Lipinski definition) is 2. The molecule has 118 valence electrons. The van der Waals surface area contributed by atoms with Crippen LogP contribution in [0.1, 0.15) is 31.2 Å². The first-order chi connectivity index (χ1) is 10.7. The third kappa shape index (κ3) is 3.18. The molecule has 2 nitrogen and oxygen atoms in total. The van der Waals surface area contributed by atoms with E-state index in [1.54, 1.807) is 7.11 Å². The van der Waals surface area contributed by atoms with Crippen LogP contribution in [0.25, 0.3) is 10.8 Å². The van der Waals surface area contributed by atoms with Crippen molar-refractivity contribution in [3.8, 4) is 0 Å². The molecule has 0 radical (unpaired) electrons. The van der Waals surface area contributed by atoms with Gasteiger partial charge in [-0.05, 0) is 54.6 Å². The summed E-state index contributed by atoms with van der Waals surface area (Å²) in [6.45, 7) is 2.99. The summed E-state index contributed by atoms with van der Waals surface area (Å²) < 4.78 is 5.18. The van der Waals surface area contributed by atoms with Crippen molar-refractivity contribution in [2.45, 2.75) is 31.1 Å². The Morgan fingerprint density at radius 2 is 1.82 bits per heavy atom. The second kappa shape index (κ2) is 6.80. The summed E-state index contributed by atoms with van der Waals surface area (Å²) in [6.07, 6.45) is 5.30. The van der Waals surface area contributed by atoms with Gasteiger partial charge in [0.1, 0.15) is 0 Å². The minimum absolute atomic E-state index is 0.408. The Labute approximate surface area is 134 Å². The lowest BCUT2D eigenvalue weighted by atomic mass is 9.62. The lowest BCUT2D eigenvalue weighted by Crippen LogP contribution is -2.38. The van der Waals surface area contributed by atoms with Crippen molar-refractivity contribution in [1.82, 2.24) is 4.90 Å². The molecule has 0 heterocycles. The predicted octanol–water partition coefficient (Wildman–Crippen LogP) is 4.23. The first-order valence-electron chi connectivity index (χ1n) is 8.40. The normalized spacial score (nSPS) is 16.9. The molecule has 1 aliphatic carbocycles. The van der Waals surface area contributed by atoms with Gasteiger partial charge in [-0.1, -0.05) is 48.9 Å². The van der Waals surface area contributed by atoms with Crippen molar-refractivity contribution in [3.63, 3.8) is 0 Å². The lowest BCUT2D eigenvalue weighted by molar-refractivity contribution is 0.143. The molecule has 0 aliphatic heterocycles. The molecule has 1 fully saturated rings. The Hall–Kier alpha value is -1.38. The highest BCUT2D eigenvalue weighted by Crippen LogP contribution is 2.47. The Balaban J connectivity index is 1.73. The highest BCUT2D eigenvalue weighted by Gasteiger charge is 2.38. The number of benzene rings is 2. The summed E-state index contributed by atoms with van der Waals surface area (Å²) in [5.74, 6) is 0. The van der Waals surface area contributed by atoms with Crippen molar-refractivity contribution in [2.24, 2.45) is 0 Å². The molecule has 0 bridgehead atoms. The van der Waals surface area contributed by atoms with E-state index in [1.807, 2.05) is 0 Å². The lowest BCUT2D eigenvalue weighted by Gasteiger charge is -2.43. The van der Waals surface area contributed by atoms with E-state index >= 15 is 0 Å². The molecule has 1 saturated carbocycles. The van der Waals surface area contributed by atoms with Crippen LogP contribution in [0.3, 0.4) is 0 Å². The molecule has 0 saturated heterocycles. The fraction of sp³-hybridized carbons (Fsp3) is 0.500. The summed E-state index contributed by atoms with van der Waals surface area (Å²) >= 11 is 0. The van der Waals surface area contributed by atoms with Crippen molar-refractivity contribution in [1.29, 1.82) is 0 Å². The molecule has 22 heavy (non-hydrogen) atoms. The van der Waals surface area contributed by atoms with Crippen LogP contribution in [0, 0.1) is 0 Å². The highest BCUT2D eigenvalue weighted by molar-refractivity contribution is 5.83. The smallest absolute Gasteiger partial charge is 0.0589 e. The summed E-state index contributed by atoms with van der Waals surface area (Å²) in [4.78, 5) is 2.39. The molecule has 2 aromatic rings. The maximum absolute atomic E-state index is 5.18. The average molecular weight is 297 g/mol. The Bertz CT molecular complexity index is 618. The third-order valence-corrected chi connectivity index (χ3v) is 5.32. The molecule has 0 atom stereocenters. The van der Waals surface area contributed by atoms with E-state index in [9.17, 15) is 0 Å². The number of ether oxygens (including phenoxy) is 1. The molecule has 0 N–H and O–H groups in total. The molecule has 0 aromatic heterocycles. The van der Waals surface area contributed by atoms with E-state index < -0.39 is 0 Å². The molecule has 0 unspecified atom stereocenters. The third-order valence-electron chi connectivity index (χ3n) is 5.32. The number of hydrogen-bond donors (Lipinski definition) is 0. The van der Waals surface area contributed by atoms with Crippen LogP contribution in [0.5, 0.6) is 0 Å². The van der Waals surface area contributed by atoms with Crippen LogP contribution in [-0.4, -0.2) is 38.8 Å². The van der Waals surface area contributed by atoms with Crippen LogP contribution in [0.2, 0.25) is 0 Å². The van der Waals surface area contributed by atoms with Crippen LogP contribution >= 0.6 is 0 Å². The molecular weight excluding hydrogens is 270 g/mol. The van der Waals surface area contributed by atoms with Crippen LogP contribution < -0.4 is 0 Å². The van der Waals surface area contributed by atoms with Gasteiger partial charge in [0.05, 0.1) is 6.61 Å². The molecule has 3 rings (SSSR count). The fourth-order valence-electron chi connectivity index (χ4n) is 3.57. The largest absolute Gasteiger partial charge is 0.383 e. The van der Waals surface area contributed by atoms with Crippen LogP contribution in [0.15, 0.2) is 42.5 Å². The first kappa shape index (κ1) is 15.5. The van der Waals surface area contributed by atoms with Gasteiger partial charge in [-0.15, -0.1) is 0 Å². The van der Waals surface area contributed by atoms with Gasteiger partial charge in [-0.2, -0.15) is 0 Å². The van der Waals surface area contributed by atoms with Crippen molar-refractivity contribution < 1.29 is 4.74 Å². The first-order valence-corrected chi connectivity index (χ1v) is 8.40. The number of nitrogens with zero attached hydrogens (tertiary/aromatic N) is 1. The van der Waals surface area contributed by atoms with Crippen LogP contribution in [0.4, 0.5) is 0 Å². The van der Waals surface area contributed by atoms with Crippen LogP contribution in [-0.2, 0) is 10.2 Å². The topological polar surface area (TPSA) is 12.5 Å². The number of fused-ring (bicyclic) bond motifs is 1. The zero-order chi connectivity index (χ0) is 15.4. The molecule has 0 spiro atoms. The summed E-state index contributed by atoms with van der Waals surface area (Å²) in [5.41, 5.74) is 1.95. The highest BCUT2D eigenvalue weighted by atomic mass is 16.5. The SMILES string of the molecule is COCCN(C)CCC1(c2ccc3ccccc3c2)CCC1. The van der Waals surface area contributed by atoms with Crippen molar-refractivity contribution in [2.75, 3.05) is 33.9 Å². The van der Waals surface area contributed by atoms with Gasteiger partial charge < -0.3 is 9.64 Å². The average Bonchev–Trinajstić information content (AvgIpc) is 2.51. The fourth-order valence-corrected chi connectivity index (χ4v) is 3.57. The zero-order valence-corrected chi connectivity index (χ0v) is 13.8. The standard InChI is InChI=1S/C20H27NO/c1-21(14-15-22-2)13-12-20(10-5-11-20)19-9-8-17-6-3-4-7-18(17)16-19/h3-4,6-9,16H,5,10-15H2,1-2H3. The van der Waals surface area contributed by atoms with E-state index in [0.717, 1.165) is 19.7 Å². The van der Waals surface area contributed by atoms with Crippen molar-refractivity contribution >= 4 is 10.8 Å². The Kier molecular flexibility index (Phi) is 4.80. The van der Waals surface area contributed by atoms with Gasteiger partial charge in [0, 0.05) is 13.7 Å². The molecule has 1 aliphatic rings. The Morgan fingerprint density at radius 3 is 2.50 bits per heavy atom. The second-order valence-corrected chi connectivity index (χ2v) is 6.74. The number of rotatable bonds is 7. The number of methoxy groups -OCH3 is 1.